The zero-order valence-electron chi connectivity index (χ0n) is 14.7. The summed E-state index contributed by atoms with van der Waals surface area (Å²) in [5.74, 6) is -2.16. The van der Waals surface area contributed by atoms with Crippen LogP contribution in [0.1, 0.15) is 38.7 Å². The Hall–Kier alpha value is -1.76. The number of hydrogen-bond acceptors (Lipinski definition) is 3. The second-order valence-corrected chi connectivity index (χ2v) is 10.1. The third-order valence-electron chi connectivity index (χ3n) is 6.99. The predicted molar refractivity (Wildman–Crippen MR) is 93.4 cm³/mol. The lowest BCUT2D eigenvalue weighted by atomic mass is 9.69. The minimum Gasteiger partial charge on any atom is -0.269 e. The smallest absolute Gasteiger partial charge is 0.260 e. The lowest BCUT2D eigenvalue weighted by Crippen LogP contribution is -2.43. The Morgan fingerprint density at radius 2 is 2.00 bits per heavy atom. The molecule has 2 saturated carbocycles. The minimum absolute atomic E-state index is 0.0128. The zero-order chi connectivity index (χ0) is 18.9. The number of benzene rings is 1. The van der Waals surface area contributed by atoms with Gasteiger partial charge in [-0.3, -0.25) is 4.79 Å². The quantitative estimate of drug-likeness (QED) is 0.739. The topological polar surface area (TPSA) is 54.5 Å². The van der Waals surface area contributed by atoms with Gasteiger partial charge in [-0.1, -0.05) is 19.9 Å². The van der Waals surface area contributed by atoms with E-state index in [1.165, 1.54) is 12.1 Å². The molecule has 3 aliphatic rings. The van der Waals surface area contributed by atoms with Crippen molar-refractivity contribution in [1.29, 1.82) is 0 Å². The molecule has 1 heterocycles. The molecular weight excluding hydrogens is 360 g/mol. The van der Waals surface area contributed by atoms with Crippen molar-refractivity contribution >= 4 is 22.0 Å². The number of sulfonamides is 1. The average Bonchev–Trinajstić information content (AvgIpc) is 3.03. The number of fused-ring (bicyclic) bond motifs is 1. The first-order valence-corrected chi connectivity index (χ1v) is 10.4. The molecule has 0 unspecified atom stereocenters. The molecule has 4 nitrogen and oxygen atoms in total. The summed E-state index contributed by atoms with van der Waals surface area (Å²) in [7, 11) is -3.68. The number of amides is 1. The maximum Gasteiger partial charge on any atom is 0.260 e. The van der Waals surface area contributed by atoms with Gasteiger partial charge in [0.05, 0.1) is 11.8 Å². The van der Waals surface area contributed by atoms with Crippen LogP contribution in [0.15, 0.2) is 24.3 Å². The van der Waals surface area contributed by atoms with Gasteiger partial charge in [-0.05, 0) is 54.4 Å². The van der Waals surface area contributed by atoms with Crippen LogP contribution in [0.3, 0.4) is 0 Å². The first-order valence-electron chi connectivity index (χ1n) is 8.78. The third-order valence-corrected chi connectivity index (χ3v) is 8.90. The number of rotatable bonds is 2. The second-order valence-electron chi connectivity index (χ2n) is 8.26. The van der Waals surface area contributed by atoms with E-state index in [4.69, 9.17) is 0 Å². The molecule has 4 rings (SSSR count). The van der Waals surface area contributed by atoms with E-state index in [1.807, 2.05) is 0 Å². The highest BCUT2D eigenvalue weighted by Gasteiger charge is 2.72. The maximum atomic E-state index is 13.3. The largest absolute Gasteiger partial charge is 0.269 e. The van der Waals surface area contributed by atoms with Crippen LogP contribution in [0.25, 0.3) is 6.08 Å². The van der Waals surface area contributed by atoms with Gasteiger partial charge in [0.1, 0.15) is 0 Å². The Bertz CT molecular complexity index is 925. The van der Waals surface area contributed by atoms with Gasteiger partial charge < -0.3 is 0 Å². The molecule has 2 bridgehead atoms. The standard InChI is InChI=1S/C19H21F2NO3S/c1-18(2)13-7-8-19(18)11-26(24,25)22(16(19)10-13)17(23)6-4-12-3-5-14(20)15(21)9-12/h3-6,9,13,16H,7-8,10-11H2,1-2H3/b6-4+/t13-,16+,19+/m0/s1. The summed E-state index contributed by atoms with van der Waals surface area (Å²) in [4.78, 5) is 12.7. The molecule has 1 aromatic carbocycles. The third kappa shape index (κ3) is 2.22. The van der Waals surface area contributed by atoms with E-state index in [9.17, 15) is 22.0 Å². The Morgan fingerprint density at radius 3 is 2.65 bits per heavy atom. The van der Waals surface area contributed by atoms with E-state index < -0.39 is 27.6 Å². The first-order chi connectivity index (χ1) is 12.1. The van der Waals surface area contributed by atoms with E-state index in [2.05, 4.69) is 13.8 Å². The molecule has 0 N–H and O–H groups in total. The fourth-order valence-corrected chi connectivity index (χ4v) is 7.95. The summed E-state index contributed by atoms with van der Waals surface area (Å²) in [5.41, 5.74) is -0.178. The molecule has 1 aromatic rings. The van der Waals surface area contributed by atoms with Crippen molar-refractivity contribution in [3.63, 3.8) is 0 Å². The van der Waals surface area contributed by atoms with Crippen LogP contribution < -0.4 is 0 Å². The van der Waals surface area contributed by atoms with Crippen molar-refractivity contribution in [3.8, 4) is 0 Å². The number of halogens is 2. The van der Waals surface area contributed by atoms with Crippen LogP contribution in [0.4, 0.5) is 8.78 Å². The van der Waals surface area contributed by atoms with Crippen molar-refractivity contribution in [2.24, 2.45) is 16.7 Å². The van der Waals surface area contributed by atoms with Crippen LogP contribution in [0.5, 0.6) is 0 Å². The summed E-state index contributed by atoms with van der Waals surface area (Å²) in [6.07, 6.45) is 5.00. The van der Waals surface area contributed by atoms with Gasteiger partial charge in [0, 0.05) is 11.5 Å². The fourth-order valence-electron chi connectivity index (χ4n) is 5.44. The average molecular weight is 381 g/mol. The molecule has 3 atom stereocenters. The second kappa shape index (κ2) is 5.38. The van der Waals surface area contributed by atoms with Gasteiger partial charge in [0.25, 0.3) is 5.91 Å². The van der Waals surface area contributed by atoms with Crippen molar-refractivity contribution in [2.45, 2.75) is 39.2 Å². The zero-order valence-corrected chi connectivity index (χ0v) is 15.5. The van der Waals surface area contributed by atoms with Gasteiger partial charge in [-0.25, -0.2) is 21.5 Å². The minimum atomic E-state index is -3.68. The molecule has 0 aromatic heterocycles. The van der Waals surface area contributed by atoms with Crippen molar-refractivity contribution in [1.82, 2.24) is 4.31 Å². The molecule has 3 fully saturated rings. The molecule has 26 heavy (non-hydrogen) atoms. The van der Waals surface area contributed by atoms with Crippen molar-refractivity contribution < 1.29 is 22.0 Å². The summed E-state index contributed by atoms with van der Waals surface area (Å²) < 4.78 is 52.9. The molecule has 0 radical (unpaired) electrons. The van der Waals surface area contributed by atoms with Crippen LogP contribution in [0.2, 0.25) is 0 Å². The molecule has 1 amide bonds. The summed E-state index contributed by atoms with van der Waals surface area (Å²) in [6.45, 7) is 4.23. The normalized spacial score (nSPS) is 33.8. The number of carbonyl (C=O) groups is 1. The predicted octanol–water partition coefficient (Wildman–Crippen LogP) is 3.34. The Morgan fingerprint density at radius 1 is 1.27 bits per heavy atom. The van der Waals surface area contributed by atoms with Crippen LogP contribution in [-0.2, 0) is 14.8 Å². The molecule has 1 spiro atoms. The lowest BCUT2D eigenvalue weighted by Gasteiger charge is -2.36. The van der Waals surface area contributed by atoms with Crippen molar-refractivity contribution in [2.75, 3.05) is 5.75 Å². The SMILES string of the molecule is CC1(C)[C@H]2CC[C@]13CS(=O)(=O)N(C(=O)/C=C/c1ccc(F)c(F)c1)[C@@H]3C2. The molecule has 7 heteroatoms. The van der Waals surface area contributed by atoms with E-state index in [-0.39, 0.29) is 22.6 Å². The Labute approximate surface area is 151 Å². The summed E-state index contributed by atoms with van der Waals surface area (Å²) >= 11 is 0. The number of carbonyl (C=O) groups excluding carboxylic acids is 1. The summed E-state index contributed by atoms with van der Waals surface area (Å²) in [6, 6.07) is 2.98. The van der Waals surface area contributed by atoms with Crippen LogP contribution in [0, 0.1) is 28.4 Å². The van der Waals surface area contributed by atoms with E-state index >= 15 is 0 Å². The highest BCUT2D eigenvalue weighted by molar-refractivity contribution is 7.90. The lowest BCUT2D eigenvalue weighted by molar-refractivity contribution is -0.123. The van der Waals surface area contributed by atoms with Gasteiger partial charge in [0.15, 0.2) is 11.6 Å². The fraction of sp³-hybridized carbons (Fsp3) is 0.526. The number of hydrogen-bond donors (Lipinski definition) is 0. The maximum absolute atomic E-state index is 13.3. The monoisotopic (exact) mass is 381 g/mol. The highest BCUT2D eigenvalue weighted by Crippen LogP contribution is 2.69. The molecular formula is C19H21F2NO3S. The van der Waals surface area contributed by atoms with Crippen LogP contribution in [-0.4, -0.2) is 30.4 Å². The van der Waals surface area contributed by atoms with Crippen molar-refractivity contribution in [3.05, 3.63) is 41.5 Å². The van der Waals surface area contributed by atoms with Gasteiger partial charge in [0.2, 0.25) is 10.0 Å². The van der Waals surface area contributed by atoms with E-state index in [0.717, 1.165) is 35.4 Å². The number of nitrogens with zero attached hydrogens (tertiary/aromatic N) is 1. The molecule has 2 aliphatic carbocycles. The van der Waals surface area contributed by atoms with E-state index in [1.54, 1.807) is 0 Å². The molecule has 140 valence electrons. The highest BCUT2D eigenvalue weighted by atomic mass is 32.2. The van der Waals surface area contributed by atoms with Crippen LogP contribution >= 0.6 is 0 Å². The van der Waals surface area contributed by atoms with Gasteiger partial charge in [-0.15, -0.1) is 0 Å². The van der Waals surface area contributed by atoms with Gasteiger partial charge in [-0.2, -0.15) is 0 Å². The summed E-state index contributed by atoms with van der Waals surface area (Å²) in [5, 5.41) is 0. The van der Waals surface area contributed by atoms with Gasteiger partial charge >= 0.3 is 0 Å². The Balaban J connectivity index is 1.64. The Kier molecular flexibility index (Phi) is 3.65. The van der Waals surface area contributed by atoms with E-state index in [0.29, 0.717) is 17.9 Å². The molecule has 1 aliphatic heterocycles. The first kappa shape index (κ1) is 17.6. The molecule has 1 saturated heterocycles.